The Labute approximate surface area is 186 Å². The molecule has 0 bridgehead atoms. The lowest BCUT2D eigenvalue weighted by Crippen LogP contribution is -2.04. The molecule has 1 heterocycles. The number of fused-ring (bicyclic) bond motifs is 1. The summed E-state index contributed by atoms with van der Waals surface area (Å²) in [4.78, 5) is 17.8. The van der Waals surface area contributed by atoms with Crippen LogP contribution >= 0.6 is 0 Å². The van der Waals surface area contributed by atoms with E-state index in [-0.39, 0.29) is 5.78 Å². The lowest BCUT2D eigenvalue weighted by molar-refractivity contribution is 0.103. The molecule has 0 amide bonds. The molecule has 4 heteroatoms. The number of benzene rings is 3. The minimum absolute atomic E-state index is 0.000206. The number of pyridine rings is 1. The van der Waals surface area contributed by atoms with Crippen LogP contribution in [0, 0.1) is 0 Å². The fraction of sp³-hybridized carbons (Fsp3) is 0.0714. The Bertz CT molecular complexity index is 1290. The van der Waals surface area contributed by atoms with Gasteiger partial charge in [0.1, 0.15) is 17.2 Å². The zero-order chi connectivity index (χ0) is 21.9. The van der Waals surface area contributed by atoms with Crippen LogP contribution in [-0.2, 0) is 6.42 Å². The molecule has 1 aromatic heterocycles. The van der Waals surface area contributed by atoms with Crippen LogP contribution in [0.4, 0.5) is 0 Å². The van der Waals surface area contributed by atoms with E-state index in [1.54, 1.807) is 19.5 Å². The summed E-state index contributed by atoms with van der Waals surface area (Å²) in [7, 11) is 1.62. The molecule has 4 aromatic rings. The van der Waals surface area contributed by atoms with E-state index in [2.05, 4.69) is 4.98 Å². The summed E-state index contributed by atoms with van der Waals surface area (Å²) in [6.07, 6.45) is 4.04. The zero-order valence-electron chi connectivity index (χ0n) is 17.6. The standard InChI is InChI=1S/C28H21NO3/c1-31-21-10-12-22(13-11-21)32-25-9-5-8-23-26(20-6-3-2-4-7-20)24(28(30)27(23)25)18-19-14-16-29-17-15-19/h2-17H,18H2,1H3. The summed E-state index contributed by atoms with van der Waals surface area (Å²) in [6, 6.07) is 27.1. The Morgan fingerprint density at radius 1 is 0.781 bits per heavy atom. The number of Topliss-reactive ketones (excluding diaryl/α,β-unsaturated/α-hetero) is 1. The molecule has 32 heavy (non-hydrogen) atoms. The molecular weight excluding hydrogens is 398 g/mol. The summed E-state index contributed by atoms with van der Waals surface area (Å²) in [5.74, 6) is 1.95. The van der Waals surface area contributed by atoms with Crippen LogP contribution in [0.3, 0.4) is 0 Å². The summed E-state index contributed by atoms with van der Waals surface area (Å²) in [5.41, 5.74) is 5.29. The summed E-state index contributed by atoms with van der Waals surface area (Å²) < 4.78 is 11.4. The van der Waals surface area contributed by atoms with Gasteiger partial charge in [0.2, 0.25) is 0 Å². The second-order valence-corrected chi connectivity index (χ2v) is 7.54. The number of carbonyl (C=O) groups excluding carboxylic acids is 1. The summed E-state index contributed by atoms with van der Waals surface area (Å²) in [5, 5.41) is 0. The number of rotatable bonds is 6. The highest BCUT2D eigenvalue weighted by Gasteiger charge is 2.33. The average molecular weight is 419 g/mol. The van der Waals surface area contributed by atoms with E-state index in [9.17, 15) is 4.79 Å². The van der Waals surface area contributed by atoms with Gasteiger partial charge in [0.05, 0.1) is 12.7 Å². The van der Waals surface area contributed by atoms with Crippen LogP contribution in [-0.4, -0.2) is 17.9 Å². The van der Waals surface area contributed by atoms with Gasteiger partial charge in [0.25, 0.3) is 0 Å². The van der Waals surface area contributed by atoms with Crippen molar-refractivity contribution in [2.75, 3.05) is 7.11 Å². The first-order chi connectivity index (χ1) is 15.7. The molecule has 0 unspecified atom stereocenters. The number of allylic oxidation sites excluding steroid dienone is 1. The van der Waals surface area contributed by atoms with Crippen LogP contribution in [0.25, 0.3) is 5.57 Å². The number of ketones is 1. The van der Waals surface area contributed by atoms with Crippen molar-refractivity contribution in [2.24, 2.45) is 0 Å². The first-order valence-electron chi connectivity index (χ1n) is 10.4. The Hall–Kier alpha value is -4.18. The topological polar surface area (TPSA) is 48.4 Å². The van der Waals surface area contributed by atoms with E-state index in [1.165, 1.54) is 0 Å². The van der Waals surface area contributed by atoms with Gasteiger partial charge in [0, 0.05) is 24.4 Å². The Balaban J connectivity index is 1.60. The second-order valence-electron chi connectivity index (χ2n) is 7.54. The largest absolute Gasteiger partial charge is 0.497 e. The van der Waals surface area contributed by atoms with Crippen LogP contribution in [0.1, 0.15) is 27.0 Å². The maximum atomic E-state index is 13.7. The highest BCUT2D eigenvalue weighted by molar-refractivity contribution is 6.24. The fourth-order valence-electron chi connectivity index (χ4n) is 4.06. The summed E-state index contributed by atoms with van der Waals surface area (Å²) >= 11 is 0. The van der Waals surface area contributed by atoms with Crippen molar-refractivity contribution < 1.29 is 14.3 Å². The minimum Gasteiger partial charge on any atom is -0.497 e. The first kappa shape index (κ1) is 19.8. The third-order valence-electron chi connectivity index (χ3n) is 5.58. The quantitative estimate of drug-likeness (QED) is 0.378. The third-order valence-corrected chi connectivity index (χ3v) is 5.58. The number of aromatic nitrogens is 1. The zero-order valence-corrected chi connectivity index (χ0v) is 17.6. The molecule has 0 spiro atoms. The number of nitrogens with zero attached hydrogens (tertiary/aromatic N) is 1. The lowest BCUT2D eigenvalue weighted by atomic mass is 9.95. The third kappa shape index (κ3) is 3.67. The molecule has 156 valence electrons. The Morgan fingerprint density at radius 2 is 1.50 bits per heavy atom. The van der Waals surface area contributed by atoms with Gasteiger partial charge in [-0.15, -0.1) is 0 Å². The average Bonchev–Trinajstić information content (AvgIpc) is 3.13. The van der Waals surface area contributed by atoms with Crippen molar-refractivity contribution in [2.45, 2.75) is 6.42 Å². The molecule has 4 nitrogen and oxygen atoms in total. The molecule has 0 N–H and O–H groups in total. The van der Waals surface area contributed by atoms with Gasteiger partial charge in [-0.1, -0.05) is 42.5 Å². The van der Waals surface area contributed by atoms with Gasteiger partial charge in [-0.3, -0.25) is 9.78 Å². The van der Waals surface area contributed by atoms with Crippen molar-refractivity contribution in [3.63, 3.8) is 0 Å². The normalized spacial score (nSPS) is 12.6. The van der Waals surface area contributed by atoms with Crippen molar-refractivity contribution >= 4 is 11.4 Å². The molecular formula is C28H21NO3. The van der Waals surface area contributed by atoms with Gasteiger partial charge >= 0.3 is 0 Å². The van der Waals surface area contributed by atoms with Crippen LogP contribution in [0.2, 0.25) is 0 Å². The lowest BCUT2D eigenvalue weighted by Gasteiger charge is -2.11. The summed E-state index contributed by atoms with van der Waals surface area (Å²) in [6.45, 7) is 0. The van der Waals surface area contributed by atoms with E-state index in [0.29, 0.717) is 23.5 Å². The van der Waals surface area contributed by atoms with Gasteiger partial charge in [-0.2, -0.15) is 0 Å². The Kier molecular flexibility index (Phi) is 5.26. The fourth-order valence-corrected chi connectivity index (χ4v) is 4.06. The SMILES string of the molecule is COc1ccc(Oc2cccc3c2C(=O)C(Cc2ccncc2)=C3c2ccccc2)cc1. The van der Waals surface area contributed by atoms with Crippen molar-refractivity contribution in [3.05, 3.63) is 125 Å². The van der Waals surface area contributed by atoms with E-state index >= 15 is 0 Å². The number of ether oxygens (including phenoxy) is 2. The molecule has 0 saturated heterocycles. The molecule has 0 radical (unpaired) electrons. The molecule has 5 rings (SSSR count). The van der Waals surface area contributed by atoms with Crippen LogP contribution in [0.5, 0.6) is 17.2 Å². The van der Waals surface area contributed by atoms with E-state index in [4.69, 9.17) is 9.47 Å². The van der Waals surface area contributed by atoms with Crippen molar-refractivity contribution in [3.8, 4) is 17.2 Å². The molecule has 0 aliphatic heterocycles. The molecule has 0 atom stereocenters. The molecule has 0 fully saturated rings. The van der Waals surface area contributed by atoms with E-state index in [1.807, 2.05) is 84.9 Å². The predicted octanol–water partition coefficient (Wildman–Crippen LogP) is 6.12. The first-order valence-corrected chi connectivity index (χ1v) is 10.4. The number of carbonyl (C=O) groups is 1. The highest BCUT2D eigenvalue weighted by atomic mass is 16.5. The molecule has 3 aromatic carbocycles. The maximum absolute atomic E-state index is 13.7. The van der Waals surface area contributed by atoms with E-state index in [0.717, 1.165) is 33.6 Å². The highest BCUT2D eigenvalue weighted by Crippen LogP contribution is 2.43. The van der Waals surface area contributed by atoms with Gasteiger partial charge < -0.3 is 9.47 Å². The molecule has 0 saturated carbocycles. The number of methoxy groups -OCH3 is 1. The van der Waals surface area contributed by atoms with Crippen molar-refractivity contribution in [1.29, 1.82) is 0 Å². The van der Waals surface area contributed by atoms with E-state index < -0.39 is 0 Å². The van der Waals surface area contributed by atoms with Gasteiger partial charge in [0.15, 0.2) is 5.78 Å². The van der Waals surface area contributed by atoms with Crippen molar-refractivity contribution in [1.82, 2.24) is 4.98 Å². The second kappa shape index (κ2) is 8.52. The predicted molar refractivity (Wildman–Crippen MR) is 124 cm³/mol. The smallest absolute Gasteiger partial charge is 0.194 e. The number of hydrogen-bond donors (Lipinski definition) is 0. The van der Waals surface area contributed by atoms with Crippen LogP contribution in [0.15, 0.2) is 103 Å². The maximum Gasteiger partial charge on any atom is 0.194 e. The number of hydrogen-bond acceptors (Lipinski definition) is 4. The van der Waals surface area contributed by atoms with Gasteiger partial charge in [-0.25, -0.2) is 0 Å². The minimum atomic E-state index is -0.000206. The molecule has 1 aliphatic carbocycles. The van der Waals surface area contributed by atoms with Gasteiger partial charge in [-0.05, 0) is 64.7 Å². The van der Waals surface area contributed by atoms with Crippen LogP contribution < -0.4 is 9.47 Å². The Morgan fingerprint density at radius 3 is 2.22 bits per heavy atom. The molecule has 1 aliphatic rings. The monoisotopic (exact) mass is 419 g/mol.